The van der Waals surface area contributed by atoms with Crippen molar-refractivity contribution < 1.29 is 14.4 Å². The Hall–Kier alpha value is -2.37. The predicted octanol–water partition coefficient (Wildman–Crippen LogP) is 0.121. The highest BCUT2D eigenvalue weighted by Crippen LogP contribution is 2.13. The van der Waals surface area contributed by atoms with Crippen LogP contribution in [0.1, 0.15) is 17.5 Å². The summed E-state index contributed by atoms with van der Waals surface area (Å²) in [4.78, 5) is 34.9. The predicted molar refractivity (Wildman–Crippen MR) is 72.0 cm³/mol. The molecule has 1 aromatic rings. The van der Waals surface area contributed by atoms with E-state index in [2.05, 4.69) is 10.7 Å². The molecule has 2 rings (SSSR count). The van der Waals surface area contributed by atoms with Crippen LogP contribution in [0.25, 0.3) is 0 Å². The van der Waals surface area contributed by atoms with Crippen molar-refractivity contribution in [3.8, 4) is 0 Å². The van der Waals surface area contributed by atoms with Gasteiger partial charge in [0.1, 0.15) is 5.92 Å². The molecule has 1 atom stereocenters. The minimum atomic E-state index is -0.919. The Morgan fingerprint density at radius 3 is 2.50 bits per heavy atom. The van der Waals surface area contributed by atoms with E-state index in [1.54, 1.807) is 0 Å². The van der Waals surface area contributed by atoms with Gasteiger partial charge in [-0.25, -0.2) is 0 Å². The molecule has 6 heteroatoms. The number of nitrogens with one attached hydrogen (secondary N) is 2. The first-order chi connectivity index (χ1) is 9.47. The van der Waals surface area contributed by atoms with E-state index in [0.717, 1.165) is 16.1 Å². The average Bonchev–Trinajstić information content (AvgIpc) is 2.65. The van der Waals surface area contributed by atoms with Gasteiger partial charge in [0.2, 0.25) is 5.91 Å². The highest BCUT2D eigenvalue weighted by Gasteiger charge is 2.38. The second-order valence-electron chi connectivity index (χ2n) is 4.89. The largest absolute Gasteiger partial charge is 0.352 e. The van der Waals surface area contributed by atoms with Gasteiger partial charge in [-0.1, -0.05) is 29.8 Å². The van der Waals surface area contributed by atoms with Crippen LogP contribution in [-0.2, 0) is 20.9 Å². The molecular weight excluding hydrogens is 258 g/mol. The first-order valence-electron chi connectivity index (χ1n) is 6.37. The first-order valence-corrected chi connectivity index (χ1v) is 6.37. The lowest BCUT2D eigenvalue weighted by atomic mass is 10.0. The third-order valence-corrected chi connectivity index (χ3v) is 3.22. The molecule has 0 saturated carbocycles. The lowest BCUT2D eigenvalue weighted by Crippen LogP contribution is -2.31. The van der Waals surface area contributed by atoms with E-state index < -0.39 is 11.8 Å². The zero-order valence-corrected chi connectivity index (χ0v) is 11.5. The van der Waals surface area contributed by atoms with Crippen molar-refractivity contribution in [1.82, 2.24) is 15.8 Å². The number of hydrazine groups is 1. The highest BCUT2D eigenvalue weighted by atomic mass is 16.2. The number of nitrogens with zero attached hydrogens (tertiary/aromatic N) is 1. The van der Waals surface area contributed by atoms with Crippen LogP contribution in [0.5, 0.6) is 0 Å². The molecule has 0 aromatic heterocycles. The highest BCUT2D eigenvalue weighted by molar-refractivity contribution is 6.07. The topological polar surface area (TPSA) is 78.5 Å². The van der Waals surface area contributed by atoms with Gasteiger partial charge < -0.3 is 5.32 Å². The molecule has 6 nitrogen and oxygen atoms in total. The molecule has 106 valence electrons. The molecule has 1 unspecified atom stereocenters. The summed E-state index contributed by atoms with van der Waals surface area (Å²) in [5.74, 6) is -2.03. The summed E-state index contributed by atoms with van der Waals surface area (Å²) >= 11 is 0. The zero-order chi connectivity index (χ0) is 14.7. The van der Waals surface area contributed by atoms with Crippen LogP contribution in [0.15, 0.2) is 24.3 Å². The molecule has 1 aliphatic rings. The molecular formula is C14H17N3O3. The maximum absolute atomic E-state index is 11.8. The Bertz CT molecular complexity index is 539. The standard InChI is InChI=1S/C14H17N3O3/c1-9-3-5-10(6-4-9)8-15-12(18)7-11-13(19)16-17(2)14(11)20/h3-6,11H,7-8H2,1-2H3,(H,15,18)(H,16,19). The summed E-state index contributed by atoms with van der Waals surface area (Å²) in [5.41, 5.74) is 4.49. The number of carbonyl (C=O) groups excluding carboxylic acids is 3. The Kier molecular flexibility index (Phi) is 4.02. The molecule has 1 aromatic carbocycles. The number of carbonyl (C=O) groups is 3. The van der Waals surface area contributed by atoms with Crippen molar-refractivity contribution in [3.63, 3.8) is 0 Å². The van der Waals surface area contributed by atoms with Gasteiger partial charge in [0, 0.05) is 20.0 Å². The molecule has 0 bridgehead atoms. The van der Waals surface area contributed by atoms with Crippen molar-refractivity contribution in [1.29, 1.82) is 0 Å². The fourth-order valence-corrected chi connectivity index (χ4v) is 1.99. The van der Waals surface area contributed by atoms with Crippen LogP contribution in [0.2, 0.25) is 0 Å². The van der Waals surface area contributed by atoms with Gasteiger partial charge >= 0.3 is 0 Å². The summed E-state index contributed by atoms with van der Waals surface area (Å²) in [7, 11) is 1.46. The van der Waals surface area contributed by atoms with E-state index in [-0.39, 0.29) is 18.2 Å². The molecule has 20 heavy (non-hydrogen) atoms. The van der Waals surface area contributed by atoms with Crippen molar-refractivity contribution in [3.05, 3.63) is 35.4 Å². The van der Waals surface area contributed by atoms with Gasteiger partial charge in [-0.15, -0.1) is 0 Å². The van der Waals surface area contributed by atoms with Gasteiger partial charge in [0.05, 0.1) is 0 Å². The van der Waals surface area contributed by atoms with Crippen LogP contribution in [0, 0.1) is 12.8 Å². The number of aryl methyl sites for hydroxylation is 1. The van der Waals surface area contributed by atoms with Crippen molar-refractivity contribution in [2.75, 3.05) is 7.05 Å². The quantitative estimate of drug-likeness (QED) is 0.766. The molecule has 0 aliphatic carbocycles. The van der Waals surface area contributed by atoms with Crippen molar-refractivity contribution in [2.45, 2.75) is 19.9 Å². The zero-order valence-electron chi connectivity index (χ0n) is 11.5. The smallest absolute Gasteiger partial charge is 0.253 e. The van der Waals surface area contributed by atoms with Crippen LogP contribution >= 0.6 is 0 Å². The van der Waals surface area contributed by atoms with Crippen molar-refractivity contribution in [2.24, 2.45) is 5.92 Å². The van der Waals surface area contributed by atoms with Gasteiger partial charge in [0.25, 0.3) is 11.8 Å². The number of rotatable bonds is 4. The Balaban J connectivity index is 1.85. The molecule has 1 heterocycles. The Morgan fingerprint density at radius 2 is 1.95 bits per heavy atom. The van der Waals surface area contributed by atoms with Crippen LogP contribution < -0.4 is 10.7 Å². The Labute approximate surface area is 117 Å². The third-order valence-electron chi connectivity index (χ3n) is 3.22. The van der Waals surface area contributed by atoms with Crippen LogP contribution in [-0.4, -0.2) is 29.8 Å². The number of hydrogen-bond donors (Lipinski definition) is 2. The monoisotopic (exact) mass is 275 g/mol. The van der Waals surface area contributed by atoms with Gasteiger partial charge in [-0.2, -0.15) is 0 Å². The average molecular weight is 275 g/mol. The SMILES string of the molecule is Cc1ccc(CNC(=O)CC2C(=O)NN(C)C2=O)cc1. The number of amides is 3. The normalized spacial score (nSPS) is 18.1. The minimum absolute atomic E-state index is 0.124. The Morgan fingerprint density at radius 1 is 1.30 bits per heavy atom. The summed E-state index contributed by atoms with van der Waals surface area (Å²) < 4.78 is 0. The second kappa shape index (κ2) is 5.73. The molecule has 3 amide bonds. The molecule has 1 aliphatic heterocycles. The van der Waals surface area contributed by atoms with Gasteiger partial charge in [0.15, 0.2) is 0 Å². The first kappa shape index (κ1) is 14.0. The third kappa shape index (κ3) is 3.14. The second-order valence-corrected chi connectivity index (χ2v) is 4.89. The van der Waals surface area contributed by atoms with E-state index in [4.69, 9.17) is 0 Å². The maximum Gasteiger partial charge on any atom is 0.253 e. The van der Waals surface area contributed by atoms with Gasteiger partial charge in [-0.05, 0) is 12.5 Å². The van der Waals surface area contributed by atoms with E-state index in [1.807, 2.05) is 31.2 Å². The number of hydrogen-bond acceptors (Lipinski definition) is 3. The maximum atomic E-state index is 11.8. The molecule has 2 N–H and O–H groups in total. The van der Waals surface area contributed by atoms with E-state index in [9.17, 15) is 14.4 Å². The minimum Gasteiger partial charge on any atom is -0.352 e. The van der Waals surface area contributed by atoms with Crippen LogP contribution in [0.4, 0.5) is 0 Å². The van der Waals surface area contributed by atoms with Crippen LogP contribution in [0.3, 0.4) is 0 Å². The summed E-state index contributed by atoms with van der Waals surface area (Å²) in [6, 6.07) is 7.78. The molecule has 0 spiro atoms. The lowest BCUT2D eigenvalue weighted by molar-refractivity contribution is -0.135. The molecule has 1 fully saturated rings. The van der Waals surface area contributed by atoms with E-state index >= 15 is 0 Å². The summed E-state index contributed by atoms with van der Waals surface area (Å²) in [6.07, 6.45) is -0.124. The lowest BCUT2D eigenvalue weighted by Gasteiger charge is -2.08. The molecule has 0 radical (unpaired) electrons. The fraction of sp³-hybridized carbons (Fsp3) is 0.357. The molecule has 1 saturated heterocycles. The summed E-state index contributed by atoms with van der Waals surface area (Å²) in [6.45, 7) is 2.38. The number of benzene rings is 1. The fourth-order valence-electron chi connectivity index (χ4n) is 1.99. The summed E-state index contributed by atoms with van der Waals surface area (Å²) in [5, 5.41) is 3.82. The van der Waals surface area contributed by atoms with E-state index in [0.29, 0.717) is 6.54 Å². The van der Waals surface area contributed by atoms with Crippen molar-refractivity contribution >= 4 is 17.7 Å². The van der Waals surface area contributed by atoms with Gasteiger partial charge in [-0.3, -0.25) is 24.8 Å². The van der Waals surface area contributed by atoms with E-state index in [1.165, 1.54) is 7.05 Å².